The number of carbonyl (C=O) groups is 2. The highest BCUT2D eigenvalue weighted by atomic mass is 35.5. The molecule has 3 rings (SSSR count). The van der Waals surface area contributed by atoms with E-state index in [9.17, 15) is 9.59 Å². The molecule has 26 heavy (non-hydrogen) atoms. The van der Waals surface area contributed by atoms with E-state index in [-0.39, 0.29) is 11.9 Å². The van der Waals surface area contributed by atoms with Gasteiger partial charge >= 0.3 is 5.97 Å². The number of esters is 1. The van der Waals surface area contributed by atoms with Crippen molar-refractivity contribution in [3.63, 3.8) is 0 Å². The van der Waals surface area contributed by atoms with Gasteiger partial charge in [-0.2, -0.15) is 0 Å². The highest BCUT2D eigenvalue weighted by Gasteiger charge is 2.24. The fraction of sp³-hybridized carbons (Fsp3) is 0.316. The molecule has 0 atom stereocenters. The highest BCUT2D eigenvalue weighted by molar-refractivity contribution is 6.33. The third-order valence-corrected chi connectivity index (χ3v) is 4.58. The summed E-state index contributed by atoms with van der Waals surface area (Å²) in [6.07, 6.45) is 1.52. The van der Waals surface area contributed by atoms with Crippen LogP contribution in [0.3, 0.4) is 0 Å². The van der Waals surface area contributed by atoms with E-state index >= 15 is 0 Å². The molecule has 136 valence electrons. The van der Waals surface area contributed by atoms with Crippen molar-refractivity contribution >= 4 is 29.3 Å². The normalized spacial score (nSPS) is 14.2. The quantitative estimate of drug-likeness (QED) is 0.771. The zero-order chi connectivity index (χ0) is 18.5. The fourth-order valence-electron chi connectivity index (χ4n) is 2.85. The Morgan fingerprint density at radius 1 is 1.12 bits per heavy atom. The van der Waals surface area contributed by atoms with Crippen molar-refractivity contribution in [3.05, 3.63) is 58.7 Å². The molecule has 1 fully saturated rings. The first kappa shape index (κ1) is 18.2. The lowest BCUT2D eigenvalue weighted by atomic mass is 10.1. The Labute approximate surface area is 157 Å². The first-order chi connectivity index (χ1) is 12.6. The second-order valence-electron chi connectivity index (χ2n) is 5.88. The van der Waals surface area contributed by atoms with Gasteiger partial charge in [0.1, 0.15) is 5.82 Å². The lowest BCUT2D eigenvalue weighted by Crippen LogP contribution is -2.49. The van der Waals surface area contributed by atoms with Gasteiger partial charge in [0.05, 0.1) is 22.8 Å². The average molecular weight is 374 g/mol. The summed E-state index contributed by atoms with van der Waals surface area (Å²) in [4.78, 5) is 32.5. The average Bonchev–Trinajstić information content (AvgIpc) is 2.68. The molecule has 0 saturated carbocycles. The molecule has 1 amide bonds. The van der Waals surface area contributed by atoms with E-state index in [4.69, 9.17) is 16.3 Å². The molecular formula is C19H20ClN3O3. The van der Waals surface area contributed by atoms with Crippen molar-refractivity contribution in [2.45, 2.75) is 6.92 Å². The minimum absolute atomic E-state index is 0.0548. The van der Waals surface area contributed by atoms with E-state index in [1.807, 2.05) is 12.1 Å². The van der Waals surface area contributed by atoms with Crippen LogP contribution in [0.5, 0.6) is 0 Å². The topological polar surface area (TPSA) is 62.7 Å². The summed E-state index contributed by atoms with van der Waals surface area (Å²) in [5, 5.41) is 0.469. The van der Waals surface area contributed by atoms with E-state index in [1.165, 1.54) is 6.20 Å². The van der Waals surface area contributed by atoms with Crippen LogP contribution in [-0.2, 0) is 4.74 Å². The standard InChI is InChI=1S/C19H20ClN3O3/c1-2-26-19(25)14-7-8-17(21-13-14)22-9-11-23(12-10-22)18(24)15-5-3-4-6-16(15)20/h3-8,13H,2,9-12H2,1H3. The van der Waals surface area contributed by atoms with Gasteiger partial charge < -0.3 is 14.5 Å². The second-order valence-corrected chi connectivity index (χ2v) is 6.29. The van der Waals surface area contributed by atoms with E-state index < -0.39 is 0 Å². The third kappa shape index (κ3) is 3.96. The van der Waals surface area contributed by atoms with Crippen LogP contribution in [0.4, 0.5) is 5.82 Å². The Balaban J connectivity index is 1.61. The zero-order valence-corrected chi connectivity index (χ0v) is 15.3. The number of ether oxygens (including phenoxy) is 1. The van der Waals surface area contributed by atoms with Crippen LogP contribution < -0.4 is 4.90 Å². The number of hydrogen-bond acceptors (Lipinski definition) is 5. The summed E-state index contributed by atoms with van der Waals surface area (Å²) in [5.41, 5.74) is 0.961. The number of halogens is 1. The van der Waals surface area contributed by atoms with Gasteiger partial charge in [-0.15, -0.1) is 0 Å². The molecule has 7 heteroatoms. The molecule has 1 aliphatic rings. The van der Waals surface area contributed by atoms with Gasteiger partial charge in [0, 0.05) is 32.4 Å². The smallest absolute Gasteiger partial charge is 0.339 e. The van der Waals surface area contributed by atoms with Crippen LogP contribution in [0, 0.1) is 0 Å². The van der Waals surface area contributed by atoms with E-state index in [0.717, 1.165) is 5.82 Å². The summed E-state index contributed by atoms with van der Waals surface area (Å²) in [6, 6.07) is 10.6. The van der Waals surface area contributed by atoms with E-state index in [0.29, 0.717) is 48.9 Å². The van der Waals surface area contributed by atoms with Gasteiger partial charge in [-0.1, -0.05) is 23.7 Å². The molecule has 0 N–H and O–H groups in total. The summed E-state index contributed by atoms with van der Waals surface area (Å²) in [6.45, 7) is 4.62. The molecule has 1 aromatic heterocycles. The van der Waals surface area contributed by atoms with Crippen LogP contribution in [0.25, 0.3) is 0 Å². The molecule has 0 spiro atoms. The van der Waals surface area contributed by atoms with Gasteiger partial charge in [0.2, 0.25) is 0 Å². The number of piperazine rings is 1. The molecular weight excluding hydrogens is 354 g/mol. The zero-order valence-electron chi connectivity index (χ0n) is 14.5. The predicted molar refractivity (Wildman–Crippen MR) is 99.8 cm³/mol. The van der Waals surface area contributed by atoms with Gasteiger partial charge in [0.15, 0.2) is 0 Å². The number of anilines is 1. The van der Waals surface area contributed by atoms with Crippen LogP contribution in [0.2, 0.25) is 5.02 Å². The first-order valence-electron chi connectivity index (χ1n) is 8.52. The maximum Gasteiger partial charge on any atom is 0.339 e. The Morgan fingerprint density at radius 3 is 2.46 bits per heavy atom. The fourth-order valence-corrected chi connectivity index (χ4v) is 3.07. The van der Waals surface area contributed by atoms with Gasteiger partial charge in [-0.25, -0.2) is 9.78 Å². The maximum absolute atomic E-state index is 12.6. The Morgan fingerprint density at radius 2 is 1.85 bits per heavy atom. The van der Waals surface area contributed by atoms with Crippen molar-refractivity contribution in [1.29, 1.82) is 0 Å². The molecule has 1 aliphatic heterocycles. The van der Waals surface area contributed by atoms with Crippen molar-refractivity contribution in [1.82, 2.24) is 9.88 Å². The maximum atomic E-state index is 12.6. The molecule has 1 saturated heterocycles. The minimum atomic E-state index is -0.373. The van der Waals surface area contributed by atoms with Crippen LogP contribution in [-0.4, -0.2) is 54.5 Å². The number of carbonyl (C=O) groups excluding carboxylic acids is 2. The monoisotopic (exact) mass is 373 g/mol. The van der Waals surface area contributed by atoms with E-state index in [1.54, 1.807) is 36.1 Å². The van der Waals surface area contributed by atoms with Crippen molar-refractivity contribution in [2.75, 3.05) is 37.7 Å². The first-order valence-corrected chi connectivity index (χ1v) is 8.90. The number of rotatable bonds is 4. The summed E-state index contributed by atoms with van der Waals surface area (Å²) < 4.78 is 4.96. The molecule has 0 aliphatic carbocycles. The van der Waals surface area contributed by atoms with Crippen LogP contribution in [0.1, 0.15) is 27.6 Å². The van der Waals surface area contributed by atoms with E-state index in [2.05, 4.69) is 9.88 Å². The Hall–Kier alpha value is -2.60. The van der Waals surface area contributed by atoms with Crippen molar-refractivity contribution in [3.8, 4) is 0 Å². The van der Waals surface area contributed by atoms with Gasteiger partial charge in [0.25, 0.3) is 5.91 Å². The SMILES string of the molecule is CCOC(=O)c1ccc(N2CCN(C(=O)c3ccccc3Cl)CC2)nc1. The summed E-state index contributed by atoms with van der Waals surface area (Å²) in [5.74, 6) is 0.352. The van der Waals surface area contributed by atoms with Crippen molar-refractivity contribution in [2.24, 2.45) is 0 Å². The largest absolute Gasteiger partial charge is 0.462 e. The van der Waals surface area contributed by atoms with Crippen LogP contribution in [0.15, 0.2) is 42.6 Å². The number of amides is 1. The van der Waals surface area contributed by atoms with Gasteiger partial charge in [-0.05, 0) is 31.2 Å². The molecule has 2 heterocycles. The number of hydrogen-bond donors (Lipinski definition) is 0. The number of benzene rings is 1. The molecule has 0 radical (unpaired) electrons. The number of nitrogens with zero attached hydrogens (tertiary/aromatic N) is 3. The molecule has 2 aromatic rings. The minimum Gasteiger partial charge on any atom is -0.462 e. The molecule has 6 nitrogen and oxygen atoms in total. The lowest BCUT2D eigenvalue weighted by molar-refractivity contribution is 0.0525. The van der Waals surface area contributed by atoms with Gasteiger partial charge in [-0.3, -0.25) is 4.79 Å². The summed E-state index contributed by atoms with van der Waals surface area (Å²) >= 11 is 6.12. The van der Waals surface area contributed by atoms with Crippen molar-refractivity contribution < 1.29 is 14.3 Å². The highest BCUT2D eigenvalue weighted by Crippen LogP contribution is 2.20. The van der Waals surface area contributed by atoms with Crippen LogP contribution >= 0.6 is 11.6 Å². The third-order valence-electron chi connectivity index (χ3n) is 4.25. The molecule has 1 aromatic carbocycles. The second kappa shape index (κ2) is 8.19. The Kier molecular flexibility index (Phi) is 5.73. The number of pyridine rings is 1. The molecule has 0 unspecified atom stereocenters. The number of aromatic nitrogens is 1. The predicted octanol–water partition coefficient (Wildman–Crippen LogP) is 2.87. The summed E-state index contributed by atoms with van der Waals surface area (Å²) in [7, 11) is 0. The Bertz CT molecular complexity index is 787. The molecule has 0 bridgehead atoms. The lowest BCUT2D eigenvalue weighted by Gasteiger charge is -2.35.